The molecule has 0 saturated heterocycles. The summed E-state index contributed by atoms with van der Waals surface area (Å²) in [7, 11) is 4.65. The highest BCUT2D eigenvalue weighted by Crippen LogP contribution is 2.39. The molecule has 27 heavy (non-hydrogen) atoms. The Morgan fingerprint density at radius 3 is 2.44 bits per heavy atom. The van der Waals surface area contributed by atoms with Gasteiger partial charge in [-0.05, 0) is 36.0 Å². The highest BCUT2D eigenvalue weighted by Gasteiger charge is 2.14. The van der Waals surface area contributed by atoms with E-state index in [9.17, 15) is 4.79 Å². The van der Waals surface area contributed by atoms with Crippen LogP contribution in [0.15, 0.2) is 29.8 Å². The van der Waals surface area contributed by atoms with Crippen LogP contribution in [0.2, 0.25) is 0 Å². The van der Waals surface area contributed by atoms with E-state index >= 15 is 0 Å². The second kappa shape index (κ2) is 10.8. The summed E-state index contributed by atoms with van der Waals surface area (Å²) in [5.74, 6) is 1.11. The van der Waals surface area contributed by atoms with Crippen molar-refractivity contribution in [2.24, 2.45) is 0 Å². The fourth-order valence-corrected chi connectivity index (χ4v) is 3.00. The second-order valence-corrected chi connectivity index (χ2v) is 6.67. The van der Waals surface area contributed by atoms with E-state index in [4.69, 9.17) is 35.9 Å². The van der Waals surface area contributed by atoms with E-state index in [0.29, 0.717) is 40.0 Å². The summed E-state index contributed by atoms with van der Waals surface area (Å²) in [5.41, 5.74) is 0.714. The summed E-state index contributed by atoms with van der Waals surface area (Å²) in [4.78, 5) is 12.2. The van der Waals surface area contributed by atoms with Gasteiger partial charge < -0.3 is 23.7 Å². The molecule has 0 fully saturated rings. The molecule has 0 unspecified atom stereocenters. The van der Waals surface area contributed by atoms with Gasteiger partial charge >= 0.3 is 0 Å². The van der Waals surface area contributed by atoms with Crippen molar-refractivity contribution in [1.29, 1.82) is 0 Å². The Balaban J connectivity index is 2.16. The van der Waals surface area contributed by atoms with Crippen molar-refractivity contribution < 1.29 is 28.5 Å². The molecule has 0 saturated carbocycles. The van der Waals surface area contributed by atoms with Crippen LogP contribution in [0.4, 0.5) is 0 Å². The van der Waals surface area contributed by atoms with E-state index in [0.717, 1.165) is 0 Å². The van der Waals surface area contributed by atoms with Gasteiger partial charge in [0.05, 0.1) is 27.4 Å². The van der Waals surface area contributed by atoms with E-state index in [1.165, 1.54) is 36.2 Å². The lowest BCUT2D eigenvalue weighted by molar-refractivity contribution is -0.0105. The molecule has 0 aliphatic rings. The maximum atomic E-state index is 12.2. The number of ether oxygens (including phenoxy) is 5. The van der Waals surface area contributed by atoms with Crippen LogP contribution < -0.4 is 14.2 Å². The van der Waals surface area contributed by atoms with E-state index in [2.05, 4.69) is 0 Å². The van der Waals surface area contributed by atoms with Gasteiger partial charge in [-0.3, -0.25) is 9.36 Å². The van der Waals surface area contributed by atoms with Crippen LogP contribution >= 0.6 is 23.6 Å². The predicted molar refractivity (Wildman–Crippen MR) is 106 cm³/mol. The molecule has 0 amide bonds. The van der Waals surface area contributed by atoms with Gasteiger partial charge in [-0.1, -0.05) is 0 Å². The van der Waals surface area contributed by atoms with Gasteiger partial charge in [-0.25, -0.2) is 0 Å². The number of rotatable bonds is 10. The van der Waals surface area contributed by atoms with Crippen LogP contribution in [0.1, 0.15) is 10.4 Å². The van der Waals surface area contributed by atoms with Gasteiger partial charge in [0.25, 0.3) is 5.91 Å². The summed E-state index contributed by atoms with van der Waals surface area (Å²) >= 11 is 6.43. The van der Waals surface area contributed by atoms with Gasteiger partial charge in [0.2, 0.25) is 5.75 Å². The van der Waals surface area contributed by atoms with Crippen LogP contribution in [0.5, 0.6) is 17.2 Å². The van der Waals surface area contributed by atoms with Gasteiger partial charge in [0.1, 0.15) is 0 Å². The zero-order valence-corrected chi connectivity index (χ0v) is 16.9. The Kier molecular flexibility index (Phi) is 8.46. The van der Waals surface area contributed by atoms with Gasteiger partial charge in [-0.2, -0.15) is 0 Å². The first-order chi connectivity index (χ1) is 13.1. The first-order valence-electron chi connectivity index (χ1n) is 7.94. The third-order valence-corrected chi connectivity index (χ3v) is 4.57. The zero-order valence-electron chi connectivity index (χ0n) is 15.3. The zero-order chi connectivity index (χ0) is 19.6. The average Bonchev–Trinajstić information content (AvgIpc) is 3.11. The number of hydrogen-bond donors (Lipinski definition) is 0. The second-order valence-electron chi connectivity index (χ2n) is 5.13. The van der Waals surface area contributed by atoms with E-state index < -0.39 is 0 Å². The smallest absolute Gasteiger partial charge is 0.256 e. The molecule has 0 aliphatic heterocycles. The van der Waals surface area contributed by atoms with Crippen LogP contribution in [-0.2, 0) is 9.47 Å². The molecule has 7 nitrogen and oxygen atoms in total. The molecule has 2 rings (SSSR count). The van der Waals surface area contributed by atoms with Gasteiger partial charge in [-0.15, -0.1) is 11.3 Å². The molecule has 2 aromatic rings. The molecule has 1 aromatic heterocycles. The lowest BCUT2D eigenvalue weighted by Gasteiger charge is -2.15. The van der Waals surface area contributed by atoms with Crippen molar-refractivity contribution in [2.45, 2.75) is 0 Å². The molecular formula is C18H21NO6S2. The summed E-state index contributed by atoms with van der Waals surface area (Å²) in [6.07, 6.45) is 4.73. The third kappa shape index (κ3) is 5.90. The van der Waals surface area contributed by atoms with Crippen molar-refractivity contribution in [1.82, 2.24) is 4.57 Å². The van der Waals surface area contributed by atoms with Gasteiger partial charge in [0, 0.05) is 24.8 Å². The fourth-order valence-electron chi connectivity index (χ4n) is 2.12. The molecule has 1 heterocycles. The van der Waals surface area contributed by atoms with Crippen molar-refractivity contribution in [2.75, 3.05) is 41.3 Å². The van der Waals surface area contributed by atoms with E-state index in [1.54, 1.807) is 36.9 Å². The summed E-state index contributed by atoms with van der Waals surface area (Å²) < 4.78 is 28.5. The molecule has 0 atom stereocenters. The monoisotopic (exact) mass is 411 g/mol. The maximum Gasteiger partial charge on any atom is 0.256 e. The Hall–Kier alpha value is -2.20. The molecular weight excluding hydrogens is 390 g/mol. The number of hydrogen-bond acceptors (Lipinski definition) is 8. The Morgan fingerprint density at radius 1 is 1.19 bits per heavy atom. The third-order valence-electron chi connectivity index (χ3n) is 3.43. The molecule has 0 spiro atoms. The quantitative estimate of drug-likeness (QED) is 0.256. The van der Waals surface area contributed by atoms with Crippen LogP contribution in [0.3, 0.4) is 0 Å². The maximum absolute atomic E-state index is 12.2. The van der Waals surface area contributed by atoms with Crippen molar-refractivity contribution >= 4 is 35.5 Å². The minimum absolute atomic E-state index is 0.0279. The highest BCUT2D eigenvalue weighted by atomic mass is 32.1. The summed E-state index contributed by atoms with van der Waals surface area (Å²) in [6.45, 7) is 0.916. The van der Waals surface area contributed by atoms with Crippen molar-refractivity contribution in [3.63, 3.8) is 0 Å². The molecule has 1 aromatic carbocycles. The largest absolute Gasteiger partial charge is 0.493 e. The molecule has 9 heteroatoms. The summed E-state index contributed by atoms with van der Waals surface area (Å²) in [6, 6.07) is 3.48. The standard InChI is InChI=1S/C18H21NO6S2/c1-21-7-8-24-12-25-17-14(22-2)10-13(11-15(17)23-3)4-5-16(20)19-6-9-27-18(19)26/h4-6,9-11H,7-8,12H2,1-3H3. The first-order valence-corrected chi connectivity index (χ1v) is 9.23. The molecule has 0 bridgehead atoms. The number of carbonyl (C=O) groups excluding carboxylic acids is 1. The Bertz CT molecular complexity index is 817. The van der Waals surface area contributed by atoms with E-state index in [1.807, 2.05) is 0 Å². The van der Waals surface area contributed by atoms with Gasteiger partial charge in [0.15, 0.2) is 22.2 Å². The van der Waals surface area contributed by atoms with Crippen LogP contribution in [0.25, 0.3) is 6.08 Å². The van der Waals surface area contributed by atoms with Crippen LogP contribution in [0, 0.1) is 3.95 Å². The number of methoxy groups -OCH3 is 3. The SMILES string of the molecule is COCCOCOc1c(OC)cc(C=CC(=O)n2ccsc2=S)cc1OC. The number of nitrogens with zero attached hydrogens (tertiary/aromatic N) is 1. The van der Waals surface area contributed by atoms with E-state index in [-0.39, 0.29) is 12.7 Å². The summed E-state index contributed by atoms with van der Waals surface area (Å²) in [5, 5.41) is 1.76. The molecule has 146 valence electrons. The predicted octanol–water partition coefficient (Wildman–Crippen LogP) is 3.65. The Labute approximate surface area is 166 Å². The van der Waals surface area contributed by atoms with Crippen molar-refractivity contribution in [3.05, 3.63) is 39.3 Å². The minimum atomic E-state index is -0.231. The topological polar surface area (TPSA) is 68.2 Å². The molecule has 0 aliphatic carbocycles. The number of allylic oxidation sites excluding steroid dienone is 1. The Morgan fingerprint density at radius 2 is 1.89 bits per heavy atom. The van der Waals surface area contributed by atoms with Crippen molar-refractivity contribution in [3.8, 4) is 17.2 Å². The first kappa shape index (κ1) is 21.1. The molecule has 0 radical (unpaired) electrons. The number of carbonyl (C=O) groups is 1. The minimum Gasteiger partial charge on any atom is -0.493 e. The average molecular weight is 412 g/mol. The normalized spacial score (nSPS) is 10.9. The van der Waals surface area contributed by atoms with Crippen LogP contribution in [-0.4, -0.2) is 51.8 Å². The molecule has 0 N–H and O–H groups in total. The lowest BCUT2D eigenvalue weighted by atomic mass is 10.1. The number of thiazole rings is 1. The number of benzene rings is 1. The number of aromatic nitrogens is 1. The lowest BCUT2D eigenvalue weighted by Crippen LogP contribution is -2.09. The fraction of sp³-hybridized carbons (Fsp3) is 0.333. The highest BCUT2D eigenvalue weighted by molar-refractivity contribution is 7.73.